The molecule has 96 valence electrons. The normalized spacial score (nSPS) is 23.6. The third-order valence-electron chi connectivity index (χ3n) is 5.00. The molecular weight excluding hydrogens is 226 g/mol. The minimum absolute atomic E-state index is 0.469. The van der Waals surface area contributed by atoms with Crippen molar-refractivity contribution in [2.24, 2.45) is 16.7 Å². The minimum atomic E-state index is 0.469. The first-order valence-corrected chi connectivity index (χ1v) is 7.55. The highest BCUT2D eigenvalue weighted by atomic mass is 32.1. The van der Waals surface area contributed by atoms with Gasteiger partial charge >= 0.3 is 0 Å². The number of hydrogen-bond donors (Lipinski definition) is 1. The van der Waals surface area contributed by atoms with Crippen LogP contribution in [0.15, 0.2) is 17.5 Å². The van der Waals surface area contributed by atoms with Gasteiger partial charge in [0.2, 0.25) is 0 Å². The molecule has 1 saturated carbocycles. The molecule has 17 heavy (non-hydrogen) atoms. The van der Waals surface area contributed by atoms with E-state index in [1.807, 2.05) is 11.3 Å². The van der Waals surface area contributed by atoms with Crippen molar-refractivity contribution in [3.05, 3.63) is 22.4 Å². The van der Waals surface area contributed by atoms with Crippen LogP contribution < -0.4 is 5.32 Å². The molecule has 1 atom stereocenters. The molecule has 1 aromatic rings. The van der Waals surface area contributed by atoms with Gasteiger partial charge in [-0.1, -0.05) is 40.7 Å². The number of nitrogens with one attached hydrogen (secondary N) is 1. The van der Waals surface area contributed by atoms with Gasteiger partial charge in [0.25, 0.3) is 0 Å². The van der Waals surface area contributed by atoms with E-state index in [1.54, 1.807) is 0 Å². The second-order valence-electron chi connectivity index (χ2n) is 6.37. The van der Waals surface area contributed by atoms with Crippen LogP contribution in [0.3, 0.4) is 0 Å². The van der Waals surface area contributed by atoms with Gasteiger partial charge in [-0.15, -0.1) is 11.3 Å². The molecule has 1 aromatic heterocycles. The minimum Gasteiger partial charge on any atom is -0.314 e. The lowest BCUT2D eigenvalue weighted by molar-refractivity contribution is 0.405. The summed E-state index contributed by atoms with van der Waals surface area (Å²) in [5.74, 6) is 0.789. The quantitative estimate of drug-likeness (QED) is 0.835. The van der Waals surface area contributed by atoms with Crippen molar-refractivity contribution in [3.63, 3.8) is 0 Å². The number of likely N-dealkylation sites (N-methyl/N-ethyl adjacent to an activating group) is 1. The number of hydrogen-bond acceptors (Lipinski definition) is 2. The van der Waals surface area contributed by atoms with E-state index in [1.165, 1.54) is 11.3 Å². The zero-order chi connectivity index (χ0) is 12.7. The molecule has 2 heteroatoms. The summed E-state index contributed by atoms with van der Waals surface area (Å²) in [6.45, 7) is 12.9. The van der Waals surface area contributed by atoms with Gasteiger partial charge in [-0.25, -0.2) is 0 Å². The molecule has 0 bridgehead atoms. The van der Waals surface area contributed by atoms with Gasteiger partial charge in [0.1, 0.15) is 0 Å². The van der Waals surface area contributed by atoms with Crippen molar-refractivity contribution < 1.29 is 0 Å². The van der Waals surface area contributed by atoms with Crippen LogP contribution in [-0.2, 0) is 6.42 Å². The summed E-state index contributed by atoms with van der Waals surface area (Å²) in [4.78, 5) is 1.51. The van der Waals surface area contributed by atoms with Crippen LogP contribution in [0.5, 0.6) is 0 Å². The van der Waals surface area contributed by atoms with Gasteiger partial charge in [-0.2, -0.15) is 0 Å². The van der Waals surface area contributed by atoms with E-state index in [-0.39, 0.29) is 0 Å². The molecule has 0 aliphatic heterocycles. The van der Waals surface area contributed by atoms with E-state index in [0.29, 0.717) is 16.9 Å². The third-order valence-corrected chi connectivity index (χ3v) is 5.90. The van der Waals surface area contributed by atoms with Crippen LogP contribution in [0, 0.1) is 16.7 Å². The first-order valence-electron chi connectivity index (χ1n) is 6.67. The molecule has 1 aliphatic rings. The van der Waals surface area contributed by atoms with E-state index in [2.05, 4.69) is 57.4 Å². The monoisotopic (exact) mass is 251 g/mol. The van der Waals surface area contributed by atoms with Crippen LogP contribution in [0.25, 0.3) is 0 Å². The van der Waals surface area contributed by atoms with Gasteiger partial charge in [-0.3, -0.25) is 0 Å². The maximum atomic E-state index is 3.70. The molecule has 1 aliphatic carbocycles. The summed E-state index contributed by atoms with van der Waals surface area (Å²) in [6, 6.07) is 5.05. The molecule has 2 rings (SSSR count). The molecular formula is C15H25NS. The average Bonchev–Trinajstić information content (AvgIpc) is 2.59. The van der Waals surface area contributed by atoms with E-state index in [4.69, 9.17) is 0 Å². The highest BCUT2D eigenvalue weighted by Gasteiger charge is 2.66. The molecule has 1 heterocycles. The molecule has 1 fully saturated rings. The topological polar surface area (TPSA) is 12.0 Å². The third kappa shape index (κ3) is 2.17. The van der Waals surface area contributed by atoms with Gasteiger partial charge in [0.05, 0.1) is 0 Å². The smallest absolute Gasteiger partial charge is 0.0154 e. The molecule has 1 nitrogen and oxygen atoms in total. The van der Waals surface area contributed by atoms with Crippen molar-refractivity contribution in [2.75, 3.05) is 6.54 Å². The Morgan fingerprint density at radius 3 is 2.35 bits per heavy atom. The Kier molecular flexibility index (Phi) is 3.39. The largest absolute Gasteiger partial charge is 0.314 e. The molecule has 0 amide bonds. The summed E-state index contributed by atoms with van der Waals surface area (Å²) in [5.41, 5.74) is 0.939. The predicted molar refractivity (Wildman–Crippen MR) is 76.5 cm³/mol. The molecule has 1 unspecified atom stereocenters. The zero-order valence-corrected chi connectivity index (χ0v) is 12.5. The fourth-order valence-electron chi connectivity index (χ4n) is 3.47. The fourth-order valence-corrected chi connectivity index (χ4v) is 4.23. The Balaban J connectivity index is 2.09. The predicted octanol–water partition coefficient (Wildman–Crippen LogP) is 3.95. The highest BCUT2D eigenvalue weighted by Crippen LogP contribution is 2.69. The first kappa shape index (κ1) is 13.1. The molecule has 0 spiro atoms. The van der Waals surface area contributed by atoms with Crippen molar-refractivity contribution in [3.8, 4) is 0 Å². The van der Waals surface area contributed by atoms with Crippen molar-refractivity contribution >= 4 is 11.3 Å². The van der Waals surface area contributed by atoms with E-state index >= 15 is 0 Å². The van der Waals surface area contributed by atoms with Crippen LogP contribution in [0.1, 0.15) is 39.5 Å². The summed E-state index contributed by atoms with van der Waals surface area (Å²) < 4.78 is 0. The van der Waals surface area contributed by atoms with E-state index < -0.39 is 0 Å². The van der Waals surface area contributed by atoms with E-state index in [9.17, 15) is 0 Å². The number of rotatable bonds is 5. The Morgan fingerprint density at radius 2 is 1.94 bits per heavy atom. The fraction of sp³-hybridized carbons (Fsp3) is 0.733. The summed E-state index contributed by atoms with van der Waals surface area (Å²) in [7, 11) is 0. The van der Waals surface area contributed by atoms with Gasteiger partial charge in [-0.05, 0) is 41.2 Å². The Hall–Kier alpha value is -0.340. The SMILES string of the molecule is CCNC(Cc1cccs1)C1C(C)(C)C1(C)C. The van der Waals surface area contributed by atoms with Crippen LogP contribution in [-0.4, -0.2) is 12.6 Å². The first-order chi connectivity index (χ1) is 7.91. The summed E-state index contributed by atoms with van der Waals surface area (Å²) in [5, 5.41) is 5.88. The zero-order valence-electron chi connectivity index (χ0n) is 11.7. The molecule has 0 radical (unpaired) electrons. The average molecular weight is 251 g/mol. The van der Waals surface area contributed by atoms with Crippen LogP contribution in [0.2, 0.25) is 0 Å². The van der Waals surface area contributed by atoms with Gasteiger partial charge in [0, 0.05) is 10.9 Å². The van der Waals surface area contributed by atoms with Crippen molar-refractivity contribution in [1.29, 1.82) is 0 Å². The molecule has 0 aromatic carbocycles. The highest BCUT2D eigenvalue weighted by molar-refractivity contribution is 7.09. The molecule has 1 N–H and O–H groups in total. The van der Waals surface area contributed by atoms with E-state index in [0.717, 1.165) is 12.5 Å². The van der Waals surface area contributed by atoms with Crippen molar-refractivity contribution in [2.45, 2.75) is 47.1 Å². The maximum absolute atomic E-state index is 3.70. The second kappa shape index (κ2) is 4.40. The van der Waals surface area contributed by atoms with Gasteiger partial charge in [0.15, 0.2) is 0 Å². The Labute approximate surface area is 110 Å². The summed E-state index contributed by atoms with van der Waals surface area (Å²) in [6.07, 6.45) is 1.18. The van der Waals surface area contributed by atoms with Crippen LogP contribution >= 0.6 is 11.3 Å². The maximum Gasteiger partial charge on any atom is 0.0154 e. The lowest BCUT2D eigenvalue weighted by Crippen LogP contribution is -2.35. The number of thiophene rings is 1. The van der Waals surface area contributed by atoms with Crippen LogP contribution in [0.4, 0.5) is 0 Å². The lowest BCUT2D eigenvalue weighted by atomic mass is 10.0. The summed E-state index contributed by atoms with van der Waals surface area (Å²) >= 11 is 1.88. The lowest BCUT2D eigenvalue weighted by Gasteiger charge is -2.19. The molecule has 0 saturated heterocycles. The second-order valence-corrected chi connectivity index (χ2v) is 7.40. The van der Waals surface area contributed by atoms with Gasteiger partial charge < -0.3 is 5.32 Å². The standard InChI is InChI=1S/C15H25NS/c1-6-16-12(10-11-8-7-9-17-11)13-14(2,3)15(13,4)5/h7-9,12-13,16H,6,10H2,1-5H3. The Morgan fingerprint density at radius 1 is 1.29 bits per heavy atom. The van der Waals surface area contributed by atoms with Crippen molar-refractivity contribution in [1.82, 2.24) is 5.32 Å². The Bertz CT molecular complexity index is 350.